The Balaban J connectivity index is 1.67. The molecular weight excluding hydrogens is 295 g/mol. The molecule has 6 heteroatoms. The zero-order valence-corrected chi connectivity index (χ0v) is 13.2. The second-order valence-electron chi connectivity index (χ2n) is 5.95. The fraction of sp³-hybridized carbons (Fsp3) is 0.412. The van der Waals surface area contributed by atoms with Gasteiger partial charge in [-0.3, -0.25) is 5.10 Å². The van der Waals surface area contributed by atoms with Crippen LogP contribution in [-0.2, 0) is 19.4 Å². The van der Waals surface area contributed by atoms with Crippen LogP contribution in [0.15, 0.2) is 24.3 Å². The average Bonchev–Trinajstić information content (AvgIpc) is 2.77. The number of carbonyl (C=O) groups excluding carboxylic acids is 1. The fourth-order valence-electron chi connectivity index (χ4n) is 2.93. The molecule has 0 atom stereocenters. The monoisotopic (exact) mass is 316 g/mol. The first kappa shape index (κ1) is 15.5. The highest BCUT2D eigenvalue weighted by Crippen LogP contribution is 2.22. The predicted octanol–water partition coefficient (Wildman–Crippen LogP) is 3.48. The van der Waals surface area contributed by atoms with Crippen LogP contribution >= 0.6 is 0 Å². The lowest BCUT2D eigenvalue weighted by atomic mass is 10.1. The number of nitrogens with zero attached hydrogens (tertiary/aromatic N) is 2. The van der Waals surface area contributed by atoms with Gasteiger partial charge in [-0.15, -0.1) is 0 Å². The molecule has 0 unspecified atom stereocenters. The minimum Gasteiger partial charge on any atom is -0.322 e. The van der Waals surface area contributed by atoms with E-state index in [1.54, 1.807) is 25.2 Å². The number of hydrogen-bond acceptors (Lipinski definition) is 2. The van der Waals surface area contributed by atoms with Crippen LogP contribution in [0, 0.1) is 5.82 Å². The van der Waals surface area contributed by atoms with Crippen LogP contribution < -0.4 is 5.32 Å². The molecule has 1 aliphatic rings. The summed E-state index contributed by atoms with van der Waals surface area (Å²) in [5.41, 5.74) is 3.53. The standard InChI is InChI=1S/C17H21FN4O/c1-22(17(23)19-15-10-6-5-8-13(15)18)11-16-12-7-3-2-4-9-14(12)20-21-16/h5-6,8,10H,2-4,7,9,11H2,1H3,(H,19,23)(H,20,21). The Morgan fingerprint density at radius 2 is 2.09 bits per heavy atom. The lowest BCUT2D eigenvalue weighted by Gasteiger charge is -2.18. The number of nitrogens with one attached hydrogen (secondary N) is 2. The number of halogens is 1. The summed E-state index contributed by atoms with van der Waals surface area (Å²) < 4.78 is 13.6. The zero-order valence-electron chi connectivity index (χ0n) is 13.2. The Morgan fingerprint density at radius 1 is 1.30 bits per heavy atom. The van der Waals surface area contributed by atoms with Gasteiger partial charge in [-0.25, -0.2) is 9.18 Å². The summed E-state index contributed by atoms with van der Waals surface area (Å²) in [4.78, 5) is 13.8. The van der Waals surface area contributed by atoms with Gasteiger partial charge in [0, 0.05) is 12.7 Å². The molecule has 0 bridgehead atoms. The molecule has 1 aromatic carbocycles. The summed E-state index contributed by atoms with van der Waals surface area (Å²) in [6.07, 6.45) is 5.59. The first-order valence-electron chi connectivity index (χ1n) is 7.97. The van der Waals surface area contributed by atoms with Gasteiger partial charge in [0.1, 0.15) is 5.82 Å². The van der Waals surface area contributed by atoms with Crippen LogP contribution in [0.2, 0.25) is 0 Å². The van der Waals surface area contributed by atoms with Gasteiger partial charge in [-0.1, -0.05) is 18.6 Å². The summed E-state index contributed by atoms with van der Waals surface area (Å²) in [7, 11) is 1.69. The second kappa shape index (κ2) is 6.81. The molecule has 0 aliphatic heterocycles. The van der Waals surface area contributed by atoms with Crippen molar-refractivity contribution in [1.29, 1.82) is 0 Å². The third-order valence-corrected chi connectivity index (χ3v) is 4.24. The molecule has 1 heterocycles. The third kappa shape index (κ3) is 3.52. The van der Waals surface area contributed by atoms with E-state index in [0.717, 1.165) is 25.0 Å². The predicted molar refractivity (Wildman–Crippen MR) is 86.7 cm³/mol. The molecule has 0 radical (unpaired) electrons. The minimum atomic E-state index is -0.442. The van der Waals surface area contributed by atoms with E-state index in [1.165, 1.54) is 35.1 Å². The van der Waals surface area contributed by atoms with E-state index >= 15 is 0 Å². The molecule has 0 saturated carbocycles. The topological polar surface area (TPSA) is 61.0 Å². The van der Waals surface area contributed by atoms with Crippen molar-refractivity contribution in [2.24, 2.45) is 0 Å². The van der Waals surface area contributed by atoms with E-state index < -0.39 is 5.82 Å². The number of fused-ring (bicyclic) bond motifs is 1. The summed E-state index contributed by atoms with van der Waals surface area (Å²) in [6, 6.07) is 5.80. The van der Waals surface area contributed by atoms with Crippen molar-refractivity contribution in [2.75, 3.05) is 12.4 Å². The molecule has 0 fully saturated rings. The highest BCUT2D eigenvalue weighted by molar-refractivity contribution is 5.89. The summed E-state index contributed by atoms with van der Waals surface area (Å²) in [5.74, 6) is -0.442. The molecule has 1 aliphatic carbocycles. The molecule has 2 N–H and O–H groups in total. The van der Waals surface area contributed by atoms with Crippen molar-refractivity contribution in [2.45, 2.75) is 38.6 Å². The van der Waals surface area contributed by atoms with Gasteiger partial charge >= 0.3 is 6.03 Å². The highest BCUT2D eigenvalue weighted by Gasteiger charge is 2.19. The molecule has 0 spiro atoms. The van der Waals surface area contributed by atoms with Gasteiger partial charge in [0.15, 0.2) is 0 Å². The van der Waals surface area contributed by atoms with E-state index in [0.29, 0.717) is 6.54 Å². The fourth-order valence-corrected chi connectivity index (χ4v) is 2.93. The molecule has 23 heavy (non-hydrogen) atoms. The van der Waals surface area contributed by atoms with Crippen LogP contribution in [-0.4, -0.2) is 28.2 Å². The maximum atomic E-state index is 13.6. The van der Waals surface area contributed by atoms with Gasteiger partial charge in [-0.2, -0.15) is 5.10 Å². The number of aromatic amines is 1. The number of H-pyrrole nitrogens is 1. The van der Waals surface area contributed by atoms with Crippen LogP contribution in [0.4, 0.5) is 14.9 Å². The molecule has 2 aromatic rings. The molecule has 1 aromatic heterocycles. The van der Waals surface area contributed by atoms with E-state index in [2.05, 4.69) is 15.5 Å². The Hall–Kier alpha value is -2.37. The zero-order chi connectivity index (χ0) is 16.2. The van der Waals surface area contributed by atoms with Crippen LogP contribution in [0.25, 0.3) is 0 Å². The number of urea groups is 1. The lowest BCUT2D eigenvalue weighted by molar-refractivity contribution is 0.220. The molecule has 3 rings (SSSR count). The van der Waals surface area contributed by atoms with Crippen LogP contribution in [0.1, 0.15) is 36.2 Å². The number of rotatable bonds is 3. The minimum absolute atomic E-state index is 0.185. The van der Waals surface area contributed by atoms with E-state index in [9.17, 15) is 9.18 Å². The van der Waals surface area contributed by atoms with E-state index in [1.807, 2.05) is 0 Å². The van der Waals surface area contributed by atoms with Crippen molar-refractivity contribution in [3.8, 4) is 0 Å². The summed E-state index contributed by atoms with van der Waals surface area (Å²) >= 11 is 0. The number of amides is 2. The van der Waals surface area contributed by atoms with Crippen molar-refractivity contribution < 1.29 is 9.18 Å². The van der Waals surface area contributed by atoms with Crippen molar-refractivity contribution >= 4 is 11.7 Å². The van der Waals surface area contributed by atoms with Crippen molar-refractivity contribution in [3.63, 3.8) is 0 Å². The Kier molecular flexibility index (Phi) is 4.60. The molecule has 2 amide bonds. The summed E-state index contributed by atoms with van der Waals surface area (Å²) in [5, 5.41) is 10.1. The number of carbonyl (C=O) groups is 1. The number of benzene rings is 1. The smallest absolute Gasteiger partial charge is 0.322 e. The average molecular weight is 316 g/mol. The van der Waals surface area contributed by atoms with Gasteiger partial charge in [0.05, 0.1) is 17.9 Å². The molecule has 122 valence electrons. The van der Waals surface area contributed by atoms with Gasteiger partial charge in [-0.05, 0) is 43.4 Å². The maximum Gasteiger partial charge on any atom is 0.322 e. The van der Waals surface area contributed by atoms with Crippen molar-refractivity contribution in [1.82, 2.24) is 15.1 Å². The number of aromatic nitrogens is 2. The third-order valence-electron chi connectivity index (χ3n) is 4.24. The first-order chi connectivity index (χ1) is 11.1. The Morgan fingerprint density at radius 3 is 2.91 bits per heavy atom. The van der Waals surface area contributed by atoms with Gasteiger partial charge in [0.2, 0.25) is 0 Å². The van der Waals surface area contributed by atoms with E-state index in [4.69, 9.17) is 0 Å². The second-order valence-corrected chi connectivity index (χ2v) is 5.95. The largest absolute Gasteiger partial charge is 0.322 e. The highest BCUT2D eigenvalue weighted by atomic mass is 19.1. The number of para-hydroxylation sites is 1. The van der Waals surface area contributed by atoms with Crippen molar-refractivity contribution in [3.05, 3.63) is 47.0 Å². The van der Waals surface area contributed by atoms with Gasteiger partial charge < -0.3 is 10.2 Å². The molecular formula is C17H21FN4O. The Labute approximate surface area is 134 Å². The number of hydrogen-bond donors (Lipinski definition) is 2. The molecule has 5 nitrogen and oxygen atoms in total. The summed E-state index contributed by atoms with van der Waals surface area (Å²) in [6.45, 7) is 0.409. The van der Waals surface area contributed by atoms with Gasteiger partial charge in [0.25, 0.3) is 0 Å². The van der Waals surface area contributed by atoms with Crippen LogP contribution in [0.5, 0.6) is 0 Å². The molecule has 0 saturated heterocycles. The van der Waals surface area contributed by atoms with E-state index in [-0.39, 0.29) is 11.7 Å². The SMILES string of the molecule is CN(Cc1n[nH]c2c1CCCCC2)C(=O)Nc1ccccc1F. The Bertz CT molecular complexity index is 698. The maximum absolute atomic E-state index is 13.6. The first-order valence-corrected chi connectivity index (χ1v) is 7.97. The normalized spacial score (nSPS) is 14.0. The number of aryl methyl sites for hydroxylation is 1. The van der Waals surface area contributed by atoms with Crippen LogP contribution in [0.3, 0.4) is 0 Å². The lowest BCUT2D eigenvalue weighted by Crippen LogP contribution is -2.31. The number of anilines is 1. The quantitative estimate of drug-likeness (QED) is 0.852.